The maximum atomic E-state index is 13.4. The van der Waals surface area contributed by atoms with Crippen molar-refractivity contribution in [2.24, 2.45) is 0 Å². The molecule has 1 N–H and O–H groups in total. The Bertz CT molecular complexity index is 522. The van der Waals surface area contributed by atoms with Gasteiger partial charge in [0.25, 0.3) is 0 Å². The highest BCUT2D eigenvalue weighted by molar-refractivity contribution is 9.10. The number of rotatable bonds is 6. The Kier molecular flexibility index (Phi) is 5.74. The average Bonchev–Trinajstić information content (AvgIpc) is 2.43. The Balaban J connectivity index is 2.05. The molecule has 0 aliphatic heterocycles. The lowest BCUT2D eigenvalue weighted by atomic mass is 9.92. The topological polar surface area (TPSA) is 12.0 Å². The highest BCUT2D eigenvalue weighted by Crippen LogP contribution is 2.23. The number of hydrogen-bond donors (Lipinski definition) is 1. The molecule has 1 atom stereocenters. The molecule has 1 unspecified atom stereocenters. The van der Waals surface area contributed by atoms with E-state index in [9.17, 15) is 4.39 Å². The van der Waals surface area contributed by atoms with E-state index in [1.807, 2.05) is 19.2 Å². The predicted molar refractivity (Wildman–Crippen MR) is 85.5 cm³/mol. The van der Waals surface area contributed by atoms with Crippen LogP contribution in [0, 0.1) is 5.82 Å². The highest BCUT2D eigenvalue weighted by Gasteiger charge is 2.11. The zero-order valence-electron chi connectivity index (χ0n) is 11.6. The van der Waals surface area contributed by atoms with Crippen LogP contribution in [0.5, 0.6) is 0 Å². The minimum atomic E-state index is -0.181. The third kappa shape index (κ3) is 4.43. The van der Waals surface area contributed by atoms with Gasteiger partial charge in [0.05, 0.1) is 0 Å². The van der Waals surface area contributed by atoms with Crippen LogP contribution in [-0.4, -0.2) is 13.6 Å². The molecule has 0 aliphatic rings. The minimum Gasteiger partial charge on any atom is -0.319 e. The van der Waals surface area contributed by atoms with Crippen molar-refractivity contribution in [3.63, 3.8) is 0 Å². The van der Waals surface area contributed by atoms with Crippen LogP contribution in [0.4, 0.5) is 4.39 Å². The molecule has 1 nitrogen and oxygen atoms in total. The zero-order valence-corrected chi connectivity index (χ0v) is 13.2. The van der Waals surface area contributed by atoms with Crippen LogP contribution in [0.2, 0.25) is 0 Å². The lowest BCUT2D eigenvalue weighted by molar-refractivity contribution is 0.580. The summed E-state index contributed by atoms with van der Waals surface area (Å²) in [4.78, 5) is 0. The molecule has 106 valence electrons. The molecule has 0 radical (unpaired) electrons. The highest BCUT2D eigenvalue weighted by atomic mass is 79.9. The second kappa shape index (κ2) is 7.55. The third-order valence-electron chi connectivity index (χ3n) is 3.43. The van der Waals surface area contributed by atoms with Gasteiger partial charge in [-0.1, -0.05) is 46.3 Å². The number of hydrogen-bond acceptors (Lipinski definition) is 1. The first-order valence-corrected chi connectivity index (χ1v) is 7.63. The Morgan fingerprint density at radius 1 is 1.15 bits per heavy atom. The summed E-state index contributed by atoms with van der Waals surface area (Å²) >= 11 is 3.34. The lowest BCUT2D eigenvalue weighted by Crippen LogP contribution is -2.17. The van der Waals surface area contributed by atoms with Gasteiger partial charge in [-0.2, -0.15) is 0 Å². The fraction of sp³-hybridized carbons (Fsp3) is 0.294. The first kappa shape index (κ1) is 15.2. The summed E-state index contributed by atoms with van der Waals surface area (Å²) < 4.78 is 14.2. The Hall–Kier alpha value is -1.19. The summed E-state index contributed by atoms with van der Waals surface area (Å²) in [5.74, 6) is 0.266. The monoisotopic (exact) mass is 335 g/mol. The van der Waals surface area contributed by atoms with Crippen LogP contribution in [-0.2, 0) is 6.42 Å². The molecule has 0 saturated heterocycles. The van der Waals surface area contributed by atoms with Gasteiger partial charge in [-0.25, -0.2) is 4.39 Å². The number of halogens is 2. The quantitative estimate of drug-likeness (QED) is 0.818. The van der Waals surface area contributed by atoms with Gasteiger partial charge in [0.15, 0.2) is 0 Å². The Morgan fingerprint density at radius 3 is 2.55 bits per heavy atom. The van der Waals surface area contributed by atoms with Crippen LogP contribution in [0.25, 0.3) is 0 Å². The third-order valence-corrected chi connectivity index (χ3v) is 3.88. The van der Waals surface area contributed by atoms with E-state index in [1.54, 1.807) is 6.07 Å². The zero-order chi connectivity index (χ0) is 14.4. The second-order valence-corrected chi connectivity index (χ2v) is 5.90. The van der Waals surface area contributed by atoms with Gasteiger partial charge in [-0.05, 0) is 55.1 Å². The van der Waals surface area contributed by atoms with E-state index in [0.29, 0.717) is 5.92 Å². The van der Waals surface area contributed by atoms with Crippen LogP contribution in [0.3, 0.4) is 0 Å². The molecule has 0 aliphatic carbocycles. The van der Waals surface area contributed by atoms with Crippen molar-refractivity contribution in [1.29, 1.82) is 0 Å². The van der Waals surface area contributed by atoms with Crippen LogP contribution < -0.4 is 5.32 Å². The molecule has 0 amide bonds. The van der Waals surface area contributed by atoms with Gasteiger partial charge >= 0.3 is 0 Å². The molecule has 0 saturated carbocycles. The van der Waals surface area contributed by atoms with Crippen molar-refractivity contribution in [3.05, 3.63) is 69.9 Å². The van der Waals surface area contributed by atoms with Crippen molar-refractivity contribution >= 4 is 15.9 Å². The minimum absolute atomic E-state index is 0.181. The first-order chi connectivity index (χ1) is 9.69. The number of nitrogens with one attached hydrogen (secondary N) is 1. The number of benzene rings is 2. The summed E-state index contributed by atoms with van der Waals surface area (Å²) in [5.41, 5.74) is 2.37. The fourth-order valence-electron chi connectivity index (χ4n) is 2.45. The van der Waals surface area contributed by atoms with E-state index in [4.69, 9.17) is 0 Å². The van der Waals surface area contributed by atoms with Crippen LogP contribution in [0.1, 0.15) is 23.5 Å². The van der Waals surface area contributed by atoms with E-state index in [0.717, 1.165) is 29.4 Å². The second-order valence-electron chi connectivity index (χ2n) is 4.98. The predicted octanol–water partition coefficient (Wildman–Crippen LogP) is 4.52. The normalized spacial score (nSPS) is 12.3. The van der Waals surface area contributed by atoms with Crippen molar-refractivity contribution in [2.45, 2.75) is 18.8 Å². The molecular weight excluding hydrogens is 317 g/mol. The Labute approximate surface area is 128 Å². The van der Waals surface area contributed by atoms with E-state index in [2.05, 4.69) is 45.5 Å². The van der Waals surface area contributed by atoms with Gasteiger partial charge in [0, 0.05) is 11.0 Å². The summed E-state index contributed by atoms with van der Waals surface area (Å²) in [6.45, 7) is 0.931. The largest absolute Gasteiger partial charge is 0.319 e. The van der Waals surface area contributed by atoms with Gasteiger partial charge in [-0.3, -0.25) is 0 Å². The molecule has 0 aromatic heterocycles. The van der Waals surface area contributed by atoms with E-state index in [1.165, 1.54) is 11.6 Å². The van der Waals surface area contributed by atoms with Gasteiger partial charge < -0.3 is 5.32 Å². The lowest BCUT2D eigenvalue weighted by Gasteiger charge is -2.17. The van der Waals surface area contributed by atoms with Gasteiger partial charge in [0.2, 0.25) is 0 Å². The molecule has 0 bridgehead atoms. The van der Waals surface area contributed by atoms with Crippen LogP contribution in [0.15, 0.2) is 53.0 Å². The van der Waals surface area contributed by atoms with E-state index >= 15 is 0 Å². The van der Waals surface area contributed by atoms with Gasteiger partial charge in [-0.15, -0.1) is 0 Å². The molecule has 0 heterocycles. The molecule has 3 heteroatoms. The molecule has 2 aromatic rings. The fourth-order valence-corrected chi connectivity index (χ4v) is 2.97. The van der Waals surface area contributed by atoms with E-state index < -0.39 is 0 Å². The molecular formula is C17H19BrFN. The molecule has 2 aromatic carbocycles. The number of likely N-dealkylation sites (N-methyl/N-ethyl adjacent to an activating group) is 1. The summed E-state index contributed by atoms with van der Waals surface area (Å²) in [6.07, 6.45) is 1.87. The van der Waals surface area contributed by atoms with Crippen LogP contribution >= 0.6 is 15.9 Å². The van der Waals surface area contributed by atoms with Crippen molar-refractivity contribution in [2.75, 3.05) is 13.6 Å². The maximum Gasteiger partial charge on any atom is 0.124 e. The van der Waals surface area contributed by atoms with Crippen molar-refractivity contribution in [3.8, 4) is 0 Å². The smallest absolute Gasteiger partial charge is 0.124 e. The SMILES string of the molecule is CNCC(CCc1cc(F)cc(Br)c1)c1ccccc1. The standard InChI is InChI=1S/C17H19BrFN/c1-20-12-15(14-5-3-2-4-6-14)8-7-13-9-16(18)11-17(19)10-13/h2-6,9-11,15,20H,7-8,12H2,1H3. The molecule has 2 rings (SSSR count). The Morgan fingerprint density at radius 2 is 1.90 bits per heavy atom. The number of aryl methyl sites for hydroxylation is 1. The summed E-state index contributed by atoms with van der Waals surface area (Å²) in [7, 11) is 1.97. The maximum absolute atomic E-state index is 13.4. The van der Waals surface area contributed by atoms with Crippen molar-refractivity contribution in [1.82, 2.24) is 5.32 Å². The molecule has 0 spiro atoms. The summed E-state index contributed by atoms with van der Waals surface area (Å²) in [5, 5.41) is 3.24. The van der Waals surface area contributed by atoms with E-state index in [-0.39, 0.29) is 5.82 Å². The molecule has 20 heavy (non-hydrogen) atoms. The first-order valence-electron chi connectivity index (χ1n) is 6.83. The van der Waals surface area contributed by atoms with Crippen molar-refractivity contribution < 1.29 is 4.39 Å². The van der Waals surface area contributed by atoms with Gasteiger partial charge in [0.1, 0.15) is 5.82 Å². The molecule has 0 fully saturated rings. The average molecular weight is 336 g/mol. The summed E-state index contributed by atoms with van der Waals surface area (Å²) in [6, 6.07) is 15.6.